The van der Waals surface area contributed by atoms with Crippen molar-refractivity contribution in [3.63, 3.8) is 0 Å². The number of nitrogens with zero attached hydrogens (tertiary/aromatic N) is 1. The summed E-state index contributed by atoms with van der Waals surface area (Å²) in [5.41, 5.74) is 0.312. The van der Waals surface area contributed by atoms with Crippen molar-refractivity contribution >= 4 is 17.5 Å². The minimum atomic E-state index is -1.69. The number of likely N-dealkylation sites (N-methyl/N-ethyl adjacent to an activating group) is 1. The topological polar surface area (TPSA) is 79.9 Å². The number of carbonyl (C=O) groups excluding carboxylic acids is 2. The first-order chi connectivity index (χ1) is 14.7. The van der Waals surface area contributed by atoms with Crippen molar-refractivity contribution in [2.45, 2.75) is 19.5 Å². The van der Waals surface area contributed by atoms with E-state index in [1.54, 1.807) is 38.1 Å². The molecule has 2 N–H and O–H groups in total. The van der Waals surface area contributed by atoms with Crippen LogP contribution >= 0.6 is 0 Å². The lowest BCUT2D eigenvalue weighted by molar-refractivity contribution is -0.127. The Morgan fingerprint density at radius 3 is 2.42 bits per heavy atom. The Kier molecular flexibility index (Phi) is 8.26. The first-order valence-corrected chi connectivity index (χ1v) is 9.30. The zero-order valence-corrected chi connectivity index (χ0v) is 17.6. The van der Waals surface area contributed by atoms with Gasteiger partial charge in [0, 0.05) is 18.2 Å². The lowest BCUT2D eigenvalue weighted by atomic mass is 10.1. The Labute approximate surface area is 178 Å². The molecule has 168 valence electrons. The molecule has 2 aromatic rings. The summed E-state index contributed by atoms with van der Waals surface area (Å²) >= 11 is 0. The molecule has 7 nitrogen and oxygen atoms in total. The third kappa shape index (κ3) is 6.11. The molecule has 0 radical (unpaired) electrons. The quantitative estimate of drug-likeness (QED) is 0.588. The predicted octanol–water partition coefficient (Wildman–Crippen LogP) is 2.70. The fourth-order valence-corrected chi connectivity index (χ4v) is 2.72. The molecule has 0 bridgehead atoms. The molecule has 1 atom stereocenters. The van der Waals surface area contributed by atoms with E-state index in [4.69, 9.17) is 9.47 Å². The van der Waals surface area contributed by atoms with E-state index < -0.39 is 47.5 Å². The van der Waals surface area contributed by atoms with E-state index in [1.807, 2.05) is 6.07 Å². The summed E-state index contributed by atoms with van der Waals surface area (Å²) in [5, 5.41) is 4.52. The molecule has 2 amide bonds. The minimum Gasteiger partial charge on any atom is -0.497 e. The maximum atomic E-state index is 13.6. The van der Waals surface area contributed by atoms with Crippen molar-refractivity contribution in [1.82, 2.24) is 10.2 Å². The molecule has 10 heteroatoms. The van der Waals surface area contributed by atoms with Crippen molar-refractivity contribution in [3.8, 4) is 11.5 Å². The number of amides is 2. The van der Waals surface area contributed by atoms with Gasteiger partial charge < -0.3 is 20.1 Å². The van der Waals surface area contributed by atoms with Crippen LogP contribution < -0.4 is 20.1 Å². The van der Waals surface area contributed by atoms with Gasteiger partial charge in [0.1, 0.15) is 11.5 Å². The van der Waals surface area contributed by atoms with Crippen molar-refractivity contribution in [1.29, 1.82) is 0 Å². The SMILES string of the molecule is COc1ccc(CN(C)C(C)C(=O)NCC(=O)Nc2ccc(F)c(F)c2F)c(OC)c1. The van der Waals surface area contributed by atoms with E-state index in [0.29, 0.717) is 24.1 Å². The van der Waals surface area contributed by atoms with Gasteiger partial charge in [0.05, 0.1) is 32.5 Å². The number of hydrogen-bond acceptors (Lipinski definition) is 5. The summed E-state index contributed by atoms with van der Waals surface area (Å²) in [5.74, 6) is -4.56. The number of ether oxygens (including phenoxy) is 2. The van der Waals surface area contributed by atoms with Gasteiger partial charge >= 0.3 is 0 Å². The standard InChI is InChI=1S/C21H24F3N3O4/c1-12(27(2)11-13-5-6-14(30-3)9-17(13)31-4)21(29)25-10-18(28)26-16-8-7-15(22)19(23)20(16)24/h5-9,12H,10-11H2,1-4H3,(H,25,29)(H,26,28). The molecule has 0 aliphatic heterocycles. The smallest absolute Gasteiger partial charge is 0.243 e. The second-order valence-electron chi connectivity index (χ2n) is 6.76. The van der Waals surface area contributed by atoms with Gasteiger partial charge in [-0.1, -0.05) is 6.07 Å². The number of carbonyl (C=O) groups is 2. The summed E-state index contributed by atoms with van der Waals surface area (Å²) in [6, 6.07) is 6.30. The van der Waals surface area contributed by atoms with Crippen LogP contribution in [0.1, 0.15) is 12.5 Å². The number of benzene rings is 2. The molecule has 0 aromatic heterocycles. The lowest BCUT2D eigenvalue weighted by Crippen LogP contribution is -2.45. The van der Waals surface area contributed by atoms with E-state index in [0.717, 1.165) is 11.6 Å². The third-order valence-corrected chi connectivity index (χ3v) is 4.69. The van der Waals surface area contributed by atoms with Crippen LogP contribution in [0.15, 0.2) is 30.3 Å². The number of anilines is 1. The largest absolute Gasteiger partial charge is 0.497 e. The molecule has 0 heterocycles. The Balaban J connectivity index is 1.92. The van der Waals surface area contributed by atoms with E-state index in [2.05, 4.69) is 10.6 Å². The van der Waals surface area contributed by atoms with E-state index in [9.17, 15) is 22.8 Å². The maximum absolute atomic E-state index is 13.6. The van der Waals surface area contributed by atoms with Crippen LogP contribution in [-0.2, 0) is 16.1 Å². The summed E-state index contributed by atoms with van der Waals surface area (Å²) in [6.45, 7) is 1.56. The van der Waals surface area contributed by atoms with Gasteiger partial charge in [0.15, 0.2) is 17.5 Å². The van der Waals surface area contributed by atoms with E-state index in [-0.39, 0.29) is 0 Å². The van der Waals surface area contributed by atoms with Gasteiger partial charge in [-0.15, -0.1) is 0 Å². The first-order valence-electron chi connectivity index (χ1n) is 9.30. The average Bonchev–Trinajstić information content (AvgIpc) is 2.77. The molecular weight excluding hydrogens is 415 g/mol. The van der Waals surface area contributed by atoms with Crippen LogP contribution in [0.4, 0.5) is 18.9 Å². The zero-order valence-electron chi connectivity index (χ0n) is 17.6. The Morgan fingerprint density at radius 1 is 1.06 bits per heavy atom. The van der Waals surface area contributed by atoms with Gasteiger partial charge in [0.25, 0.3) is 0 Å². The summed E-state index contributed by atoms with van der Waals surface area (Å²) in [7, 11) is 4.80. The molecule has 0 saturated carbocycles. The highest BCUT2D eigenvalue weighted by atomic mass is 19.2. The summed E-state index contributed by atoms with van der Waals surface area (Å²) < 4.78 is 50.3. The van der Waals surface area contributed by atoms with Crippen LogP contribution in [0.2, 0.25) is 0 Å². The van der Waals surface area contributed by atoms with Gasteiger partial charge in [-0.25, -0.2) is 13.2 Å². The first kappa shape index (κ1) is 24.0. The molecule has 0 spiro atoms. The fourth-order valence-electron chi connectivity index (χ4n) is 2.72. The predicted molar refractivity (Wildman–Crippen MR) is 108 cm³/mol. The van der Waals surface area contributed by atoms with Crippen LogP contribution in [0.3, 0.4) is 0 Å². The number of nitrogens with one attached hydrogen (secondary N) is 2. The lowest BCUT2D eigenvalue weighted by Gasteiger charge is -2.24. The average molecular weight is 439 g/mol. The third-order valence-electron chi connectivity index (χ3n) is 4.69. The van der Waals surface area contributed by atoms with Crippen LogP contribution in [-0.4, -0.2) is 50.6 Å². The molecule has 1 unspecified atom stereocenters. The van der Waals surface area contributed by atoms with Crippen LogP contribution in [0, 0.1) is 17.5 Å². The molecule has 31 heavy (non-hydrogen) atoms. The van der Waals surface area contributed by atoms with E-state index in [1.165, 1.54) is 7.11 Å². The van der Waals surface area contributed by atoms with Crippen molar-refractivity contribution < 1.29 is 32.2 Å². The Hall–Kier alpha value is -3.27. The zero-order chi connectivity index (χ0) is 23.1. The molecule has 0 aliphatic rings. The monoisotopic (exact) mass is 439 g/mol. The van der Waals surface area contributed by atoms with Gasteiger partial charge in [-0.05, 0) is 32.2 Å². The van der Waals surface area contributed by atoms with Crippen LogP contribution in [0.5, 0.6) is 11.5 Å². The molecule has 0 aliphatic carbocycles. The minimum absolute atomic E-state index is 0.383. The van der Waals surface area contributed by atoms with Gasteiger partial charge in [-0.2, -0.15) is 0 Å². The molecular formula is C21H24F3N3O4. The normalized spacial score (nSPS) is 11.7. The number of hydrogen-bond donors (Lipinski definition) is 2. The van der Waals surface area contributed by atoms with Crippen molar-refractivity contribution in [3.05, 3.63) is 53.3 Å². The molecule has 0 saturated heterocycles. The highest BCUT2D eigenvalue weighted by molar-refractivity contribution is 5.95. The van der Waals surface area contributed by atoms with Crippen LogP contribution in [0.25, 0.3) is 0 Å². The number of methoxy groups -OCH3 is 2. The van der Waals surface area contributed by atoms with Gasteiger partial charge in [-0.3, -0.25) is 14.5 Å². The van der Waals surface area contributed by atoms with E-state index >= 15 is 0 Å². The highest BCUT2D eigenvalue weighted by Crippen LogP contribution is 2.26. The number of halogens is 3. The summed E-state index contributed by atoms with van der Waals surface area (Å²) in [6.07, 6.45) is 0. The molecule has 0 fully saturated rings. The maximum Gasteiger partial charge on any atom is 0.243 e. The summed E-state index contributed by atoms with van der Waals surface area (Å²) in [4.78, 5) is 26.1. The Bertz CT molecular complexity index is 956. The molecule has 2 rings (SSSR count). The highest BCUT2D eigenvalue weighted by Gasteiger charge is 2.21. The van der Waals surface area contributed by atoms with Gasteiger partial charge in [0.2, 0.25) is 11.8 Å². The molecule has 2 aromatic carbocycles. The fraction of sp³-hybridized carbons (Fsp3) is 0.333. The van der Waals surface area contributed by atoms with Crippen molar-refractivity contribution in [2.75, 3.05) is 33.1 Å². The van der Waals surface area contributed by atoms with Crippen molar-refractivity contribution in [2.24, 2.45) is 0 Å². The number of rotatable bonds is 9. The second-order valence-corrected chi connectivity index (χ2v) is 6.76. The Morgan fingerprint density at radius 2 is 1.77 bits per heavy atom. The second kappa shape index (κ2) is 10.7.